The summed E-state index contributed by atoms with van der Waals surface area (Å²) >= 11 is 0. The van der Waals surface area contributed by atoms with E-state index in [1.54, 1.807) is 0 Å². The Hall–Kier alpha value is -5.64. The third-order valence-electron chi connectivity index (χ3n) is 7.14. The van der Waals surface area contributed by atoms with Crippen LogP contribution in [0.5, 0.6) is 0 Å². The number of nitrogens with zero attached hydrogens (tertiary/aromatic N) is 3. The molecule has 0 atom stereocenters. The second-order valence-corrected chi connectivity index (χ2v) is 9.73. The van der Waals surface area contributed by atoms with E-state index in [0.717, 1.165) is 55.3 Å². The Morgan fingerprint density at radius 2 is 1.20 bits per heavy atom. The van der Waals surface area contributed by atoms with Crippen molar-refractivity contribution >= 4 is 56.4 Å². The van der Waals surface area contributed by atoms with Gasteiger partial charge in [-0.3, -0.25) is 0 Å². The van der Waals surface area contributed by atoms with Gasteiger partial charge in [0.05, 0.1) is 12.1 Å². The molecule has 0 spiro atoms. The zero-order valence-corrected chi connectivity index (χ0v) is 22.0. The Morgan fingerprint density at radius 1 is 0.625 bits per heavy atom. The fourth-order valence-electron chi connectivity index (χ4n) is 5.21. The highest BCUT2D eigenvalue weighted by Crippen LogP contribution is 2.39. The Balaban J connectivity index is 1.35. The van der Waals surface area contributed by atoms with E-state index in [9.17, 15) is 5.26 Å². The molecule has 0 fully saturated rings. The maximum absolute atomic E-state index is 9.97. The van der Waals surface area contributed by atoms with Crippen LogP contribution in [0.4, 0.5) is 22.7 Å². The van der Waals surface area contributed by atoms with Gasteiger partial charge in [0.1, 0.15) is 6.07 Å². The molecule has 40 heavy (non-hydrogen) atoms. The van der Waals surface area contributed by atoms with Gasteiger partial charge in [-0.2, -0.15) is 5.26 Å². The SMILES string of the molecule is [C-]#[N+]c1c2ccc(C)cc2c(C#N)c2ccc(/C=C\c3ccc(N(c4ccccc4)c4ccccc4)cc3)cc12. The van der Waals surface area contributed by atoms with E-state index in [1.165, 1.54) is 0 Å². The maximum Gasteiger partial charge on any atom is 0.202 e. The van der Waals surface area contributed by atoms with Crippen molar-refractivity contribution in [1.29, 1.82) is 5.26 Å². The lowest BCUT2D eigenvalue weighted by molar-refractivity contribution is 1.28. The van der Waals surface area contributed by atoms with Crippen molar-refractivity contribution in [3.63, 3.8) is 0 Å². The van der Waals surface area contributed by atoms with Crippen molar-refractivity contribution in [1.82, 2.24) is 0 Å². The molecule has 6 aromatic rings. The Morgan fingerprint density at radius 3 is 1.82 bits per heavy atom. The number of hydrogen-bond acceptors (Lipinski definition) is 2. The summed E-state index contributed by atoms with van der Waals surface area (Å²) in [5.41, 5.74) is 7.60. The average Bonchev–Trinajstić information content (AvgIpc) is 3.00. The molecule has 0 N–H and O–H groups in total. The van der Waals surface area contributed by atoms with E-state index in [4.69, 9.17) is 6.57 Å². The van der Waals surface area contributed by atoms with Gasteiger partial charge < -0.3 is 4.90 Å². The quantitative estimate of drug-likeness (QED) is 0.131. The second-order valence-electron chi connectivity index (χ2n) is 9.73. The summed E-state index contributed by atoms with van der Waals surface area (Å²) in [7, 11) is 0. The molecule has 0 heterocycles. The summed E-state index contributed by atoms with van der Waals surface area (Å²) in [5.74, 6) is 0. The number of para-hydroxylation sites is 2. The fourth-order valence-corrected chi connectivity index (χ4v) is 5.21. The molecule has 0 aliphatic heterocycles. The van der Waals surface area contributed by atoms with Crippen molar-refractivity contribution in [3.05, 3.63) is 155 Å². The van der Waals surface area contributed by atoms with Crippen molar-refractivity contribution in [2.24, 2.45) is 0 Å². The van der Waals surface area contributed by atoms with Crippen LogP contribution in [0.2, 0.25) is 0 Å². The van der Waals surface area contributed by atoms with Gasteiger partial charge in [0.15, 0.2) is 0 Å². The molecule has 3 heteroatoms. The van der Waals surface area contributed by atoms with Gasteiger partial charge in [-0.05, 0) is 76.0 Å². The van der Waals surface area contributed by atoms with Crippen LogP contribution in [0, 0.1) is 24.8 Å². The molecule has 6 rings (SSSR count). The molecular weight excluding hydrogens is 486 g/mol. The summed E-state index contributed by atoms with van der Waals surface area (Å²) in [4.78, 5) is 6.12. The van der Waals surface area contributed by atoms with Gasteiger partial charge in [0.25, 0.3) is 0 Å². The lowest BCUT2D eigenvalue weighted by Crippen LogP contribution is -2.09. The minimum absolute atomic E-state index is 0.588. The molecule has 0 bridgehead atoms. The van der Waals surface area contributed by atoms with E-state index in [-0.39, 0.29) is 0 Å². The van der Waals surface area contributed by atoms with Crippen LogP contribution >= 0.6 is 0 Å². The first kappa shape index (κ1) is 24.7. The number of rotatable bonds is 5. The van der Waals surface area contributed by atoms with Crippen LogP contribution in [0.3, 0.4) is 0 Å². The van der Waals surface area contributed by atoms with E-state index >= 15 is 0 Å². The van der Waals surface area contributed by atoms with E-state index < -0.39 is 0 Å². The van der Waals surface area contributed by atoms with E-state index in [2.05, 4.69) is 101 Å². The Bertz CT molecular complexity index is 1920. The van der Waals surface area contributed by atoms with Gasteiger partial charge in [-0.25, -0.2) is 4.85 Å². The molecule has 188 valence electrons. The van der Waals surface area contributed by atoms with Crippen LogP contribution in [-0.2, 0) is 0 Å². The van der Waals surface area contributed by atoms with Crippen molar-refractivity contribution < 1.29 is 0 Å². The smallest absolute Gasteiger partial charge is 0.202 e. The second kappa shape index (κ2) is 10.6. The van der Waals surface area contributed by atoms with Gasteiger partial charge in [0, 0.05) is 17.1 Å². The number of hydrogen-bond donors (Lipinski definition) is 0. The minimum Gasteiger partial charge on any atom is -0.311 e. The standard InChI is InChI=1S/C37H25N3/c1-26-13-21-33-34(23-26)36(25-38)32-22-18-28(24-35(32)37(33)39-2)15-14-27-16-19-31(20-17-27)40(29-9-5-3-6-10-29)30-11-7-4-8-12-30/h3-24H,1H3/b15-14-. The van der Waals surface area contributed by atoms with Gasteiger partial charge in [-0.15, -0.1) is 0 Å². The molecule has 0 aliphatic carbocycles. The predicted molar refractivity (Wildman–Crippen MR) is 167 cm³/mol. The molecule has 0 saturated heterocycles. The summed E-state index contributed by atoms with van der Waals surface area (Å²) in [6.07, 6.45) is 4.13. The monoisotopic (exact) mass is 511 g/mol. The van der Waals surface area contributed by atoms with Crippen LogP contribution in [-0.4, -0.2) is 0 Å². The molecule has 0 radical (unpaired) electrons. The van der Waals surface area contributed by atoms with E-state index in [0.29, 0.717) is 11.3 Å². The lowest BCUT2D eigenvalue weighted by Gasteiger charge is -2.25. The number of fused-ring (bicyclic) bond motifs is 2. The number of nitriles is 1. The highest BCUT2D eigenvalue weighted by molar-refractivity contribution is 6.15. The largest absolute Gasteiger partial charge is 0.311 e. The maximum atomic E-state index is 9.97. The van der Waals surface area contributed by atoms with Crippen molar-refractivity contribution in [2.45, 2.75) is 6.92 Å². The first-order valence-electron chi connectivity index (χ1n) is 13.1. The van der Waals surface area contributed by atoms with Crippen LogP contribution < -0.4 is 4.90 Å². The molecular formula is C37H25N3. The number of aryl methyl sites for hydroxylation is 1. The highest BCUT2D eigenvalue weighted by Gasteiger charge is 2.15. The topological polar surface area (TPSA) is 31.4 Å². The number of anilines is 3. The zero-order chi connectivity index (χ0) is 27.5. The van der Waals surface area contributed by atoms with Crippen molar-refractivity contribution in [2.75, 3.05) is 4.90 Å². The molecule has 0 saturated carbocycles. The summed E-state index contributed by atoms with van der Waals surface area (Å²) < 4.78 is 0. The lowest BCUT2D eigenvalue weighted by atomic mass is 9.93. The van der Waals surface area contributed by atoms with Crippen LogP contribution in [0.25, 0.3) is 38.5 Å². The highest BCUT2D eigenvalue weighted by atomic mass is 15.1. The molecule has 6 aromatic carbocycles. The number of benzene rings is 6. The molecule has 0 aliphatic rings. The normalized spacial score (nSPS) is 11.0. The summed E-state index contributed by atoms with van der Waals surface area (Å²) in [6, 6.07) is 43.5. The van der Waals surface area contributed by atoms with Gasteiger partial charge in [-0.1, -0.05) is 103 Å². The first-order chi connectivity index (χ1) is 19.7. The Labute approximate surface area is 234 Å². The van der Waals surface area contributed by atoms with Gasteiger partial charge in [0.2, 0.25) is 5.69 Å². The predicted octanol–water partition coefficient (Wildman–Crippen LogP) is 10.4. The van der Waals surface area contributed by atoms with Crippen molar-refractivity contribution in [3.8, 4) is 6.07 Å². The minimum atomic E-state index is 0.588. The Kier molecular flexibility index (Phi) is 6.55. The van der Waals surface area contributed by atoms with E-state index in [1.807, 2.05) is 55.5 Å². The molecule has 0 aromatic heterocycles. The third-order valence-corrected chi connectivity index (χ3v) is 7.14. The molecule has 0 amide bonds. The summed E-state index contributed by atoms with van der Waals surface area (Å²) in [6.45, 7) is 9.90. The molecule has 3 nitrogen and oxygen atoms in total. The molecule has 0 unspecified atom stereocenters. The van der Waals surface area contributed by atoms with Crippen LogP contribution in [0.1, 0.15) is 22.3 Å². The summed E-state index contributed by atoms with van der Waals surface area (Å²) in [5, 5.41) is 13.3. The van der Waals surface area contributed by atoms with Crippen LogP contribution in [0.15, 0.2) is 121 Å². The average molecular weight is 512 g/mol. The zero-order valence-electron chi connectivity index (χ0n) is 22.0. The third kappa shape index (κ3) is 4.58. The fraction of sp³-hybridized carbons (Fsp3) is 0.0270. The first-order valence-corrected chi connectivity index (χ1v) is 13.1. The van der Waals surface area contributed by atoms with Gasteiger partial charge >= 0.3 is 0 Å².